The van der Waals surface area contributed by atoms with Gasteiger partial charge in [-0.3, -0.25) is 4.79 Å². The highest BCUT2D eigenvalue weighted by atomic mass is 32.1. The van der Waals surface area contributed by atoms with E-state index < -0.39 is 11.0 Å². The van der Waals surface area contributed by atoms with E-state index in [2.05, 4.69) is 5.32 Å². The highest BCUT2D eigenvalue weighted by molar-refractivity contribution is 7.19. The summed E-state index contributed by atoms with van der Waals surface area (Å²) in [4.78, 5) is 13.6. The molecule has 4 rings (SSSR count). The van der Waals surface area contributed by atoms with Crippen molar-refractivity contribution in [3.8, 4) is 0 Å². The lowest BCUT2D eigenvalue weighted by Gasteiger charge is -2.24. The number of hydrogen-bond donors (Lipinski definition) is 2. The van der Waals surface area contributed by atoms with Gasteiger partial charge in [-0.2, -0.15) is 0 Å². The van der Waals surface area contributed by atoms with E-state index in [-0.39, 0.29) is 18.3 Å². The summed E-state index contributed by atoms with van der Waals surface area (Å²) in [7, 11) is 0. The van der Waals surface area contributed by atoms with Crippen molar-refractivity contribution >= 4 is 27.3 Å². The van der Waals surface area contributed by atoms with Crippen LogP contribution in [0.3, 0.4) is 0 Å². The topological polar surface area (TPSA) is 49.3 Å². The Morgan fingerprint density at radius 1 is 1.23 bits per heavy atom. The number of benzene rings is 2. The second-order valence-corrected chi connectivity index (χ2v) is 8.28. The molecule has 0 radical (unpaired) electrons. The Kier molecular flexibility index (Phi) is 4.09. The highest BCUT2D eigenvalue weighted by Gasteiger charge is 2.51. The smallest absolute Gasteiger partial charge is 0.230 e. The van der Waals surface area contributed by atoms with Crippen LogP contribution in [0.5, 0.6) is 0 Å². The van der Waals surface area contributed by atoms with E-state index in [1.54, 1.807) is 19.1 Å². The van der Waals surface area contributed by atoms with E-state index in [0.29, 0.717) is 0 Å². The lowest BCUT2D eigenvalue weighted by Crippen LogP contribution is -2.42. The van der Waals surface area contributed by atoms with Crippen LogP contribution in [0.1, 0.15) is 30.2 Å². The molecule has 0 saturated heterocycles. The molecule has 134 valence electrons. The molecule has 3 nitrogen and oxygen atoms in total. The minimum Gasteiger partial charge on any atom is -0.383 e. The number of carbonyl (C=O) groups excluding carboxylic acids is 1. The molecule has 1 saturated carbocycles. The Balaban J connectivity index is 1.49. The third-order valence-corrected chi connectivity index (χ3v) is 6.50. The minimum atomic E-state index is -1.14. The Morgan fingerprint density at radius 2 is 1.92 bits per heavy atom. The predicted molar refractivity (Wildman–Crippen MR) is 102 cm³/mol. The van der Waals surface area contributed by atoms with Crippen molar-refractivity contribution < 1.29 is 14.3 Å². The molecule has 26 heavy (non-hydrogen) atoms. The van der Waals surface area contributed by atoms with Gasteiger partial charge in [-0.15, -0.1) is 11.3 Å². The second-order valence-electron chi connectivity index (χ2n) is 7.19. The zero-order chi connectivity index (χ0) is 18.4. The average Bonchev–Trinajstić information content (AvgIpc) is 3.32. The van der Waals surface area contributed by atoms with Crippen LogP contribution < -0.4 is 5.32 Å². The third-order valence-electron chi connectivity index (χ3n) is 5.13. The first-order valence-electron chi connectivity index (χ1n) is 8.67. The van der Waals surface area contributed by atoms with Gasteiger partial charge in [0, 0.05) is 9.58 Å². The largest absolute Gasteiger partial charge is 0.383 e. The lowest BCUT2D eigenvalue weighted by atomic mass is 9.94. The van der Waals surface area contributed by atoms with Gasteiger partial charge in [-0.25, -0.2) is 4.39 Å². The molecule has 1 aliphatic carbocycles. The number of fused-ring (bicyclic) bond motifs is 1. The molecule has 1 amide bonds. The molecular weight excluding hydrogens is 349 g/mol. The van der Waals surface area contributed by atoms with E-state index >= 15 is 0 Å². The Morgan fingerprint density at radius 3 is 2.58 bits per heavy atom. The summed E-state index contributed by atoms with van der Waals surface area (Å²) in [6.45, 7) is 1.86. The summed E-state index contributed by atoms with van der Waals surface area (Å²) in [5.41, 5.74) is -0.889. The molecule has 0 bridgehead atoms. The molecule has 1 fully saturated rings. The maximum atomic E-state index is 13.1. The van der Waals surface area contributed by atoms with Crippen LogP contribution in [0.4, 0.5) is 4.39 Å². The van der Waals surface area contributed by atoms with Gasteiger partial charge in [0.15, 0.2) is 0 Å². The summed E-state index contributed by atoms with van der Waals surface area (Å²) >= 11 is 1.53. The van der Waals surface area contributed by atoms with Crippen LogP contribution in [0, 0.1) is 5.82 Å². The fourth-order valence-corrected chi connectivity index (χ4v) is 4.40. The molecule has 0 aliphatic heterocycles. The standard InChI is InChI=1S/C21H20FNO2S/c1-20(25,18-12-14-4-2-3-5-17(14)26-18)13-23-19(24)21(10-11-21)15-6-8-16(22)9-7-15/h2-9,12,25H,10-11,13H2,1H3,(H,23,24). The van der Waals surface area contributed by atoms with Gasteiger partial charge in [0.1, 0.15) is 11.4 Å². The fourth-order valence-electron chi connectivity index (χ4n) is 3.30. The van der Waals surface area contributed by atoms with Crippen LogP contribution in [-0.2, 0) is 15.8 Å². The van der Waals surface area contributed by atoms with Crippen molar-refractivity contribution in [2.45, 2.75) is 30.8 Å². The first-order valence-corrected chi connectivity index (χ1v) is 9.48. The van der Waals surface area contributed by atoms with Gasteiger partial charge >= 0.3 is 0 Å². The van der Waals surface area contributed by atoms with Crippen molar-refractivity contribution in [3.63, 3.8) is 0 Å². The molecule has 5 heteroatoms. The van der Waals surface area contributed by atoms with E-state index in [4.69, 9.17) is 0 Å². The predicted octanol–water partition coefficient (Wildman–Crippen LogP) is 4.10. The molecule has 3 aromatic rings. The molecular formula is C21H20FNO2S. The summed E-state index contributed by atoms with van der Waals surface area (Å²) in [6.07, 6.45) is 1.49. The maximum Gasteiger partial charge on any atom is 0.230 e. The summed E-state index contributed by atoms with van der Waals surface area (Å²) in [6, 6.07) is 16.1. The van der Waals surface area contributed by atoms with Crippen molar-refractivity contribution in [2.75, 3.05) is 6.54 Å². The van der Waals surface area contributed by atoms with Crippen LogP contribution in [0.2, 0.25) is 0 Å². The first-order chi connectivity index (χ1) is 12.4. The maximum absolute atomic E-state index is 13.1. The van der Waals surface area contributed by atoms with Crippen molar-refractivity contribution in [2.24, 2.45) is 0 Å². The van der Waals surface area contributed by atoms with Gasteiger partial charge in [-0.1, -0.05) is 30.3 Å². The Labute approximate surface area is 155 Å². The number of thiophene rings is 1. The molecule has 1 aromatic heterocycles. The monoisotopic (exact) mass is 369 g/mol. The van der Waals surface area contributed by atoms with E-state index in [0.717, 1.165) is 33.4 Å². The quantitative estimate of drug-likeness (QED) is 0.711. The van der Waals surface area contributed by atoms with Crippen LogP contribution >= 0.6 is 11.3 Å². The van der Waals surface area contributed by atoms with Crippen molar-refractivity contribution in [1.82, 2.24) is 5.32 Å². The number of halogens is 1. The van der Waals surface area contributed by atoms with Gasteiger partial charge in [-0.05, 0) is 55.0 Å². The van der Waals surface area contributed by atoms with Gasteiger partial charge in [0.05, 0.1) is 12.0 Å². The van der Waals surface area contributed by atoms with Crippen LogP contribution in [0.25, 0.3) is 10.1 Å². The number of aliphatic hydroxyl groups is 1. The van der Waals surface area contributed by atoms with Gasteiger partial charge < -0.3 is 10.4 Å². The van der Waals surface area contributed by atoms with Gasteiger partial charge in [0.2, 0.25) is 5.91 Å². The molecule has 1 heterocycles. The first kappa shape index (κ1) is 17.2. The molecule has 2 N–H and O–H groups in total. The summed E-state index contributed by atoms with van der Waals surface area (Å²) in [5.74, 6) is -0.414. The summed E-state index contributed by atoms with van der Waals surface area (Å²) in [5, 5.41) is 14.9. The summed E-state index contributed by atoms with van der Waals surface area (Å²) < 4.78 is 14.3. The zero-order valence-corrected chi connectivity index (χ0v) is 15.3. The minimum absolute atomic E-state index is 0.106. The van der Waals surface area contributed by atoms with Crippen molar-refractivity contribution in [1.29, 1.82) is 0 Å². The Hall–Kier alpha value is -2.24. The second kappa shape index (κ2) is 6.18. The molecule has 1 atom stereocenters. The molecule has 1 aliphatic rings. The van der Waals surface area contributed by atoms with Crippen LogP contribution in [-0.4, -0.2) is 17.6 Å². The average molecular weight is 369 g/mol. The molecule has 0 spiro atoms. The fraction of sp³-hybridized carbons (Fsp3) is 0.286. The number of hydrogen-bond acceptors (Lipinski definition) is 3. The zero-order valence-electron chi connectivity index (χ0n) is 14.5. The normalized spacial score (nSPS) is 17.7. The number of rotatable bonds is 5. The molecule has 1 unspecified atom stereocenters. The molecule has 2 aromatic carbocycles. The lowest BCUT2D eigenvalue weighted by molar-refractivity contribution is -0.124. The van der Waals surface area contributed by atoms with E-state index in [1.807, 2.05) is 30.3 Å². The third kappa shape index (κ3) is 3.02. The van der Waals surface area contributed by atoms with Crippen molar-refractivity contribution in [3.05, 3.63) is 70.9 Å². The van der Waals surface area contributed by atoms with Gasteiger partial charge in [0.25, 0.3) is 0 Å². The number of nitrogens with one attached hydrogen (secondary N) is 1. The SMILES string of the molecule is CC(O)(CNC(=O)C1(c2ccc(F)cc2)CC1)c1cc2ccccc2s1. The highest BCUT2D eigenvalue weighted by Crippen LogP contribution is 2.48. The van der Waals surface area contributed by atoms with Crippen LogP contribution in [0.15, 0.2) is 54.6 Å². The Bertz CT molecular complexity index is 925. The number of amides is 1. The van der Waals surface area contributed by atoms with E-state index in [9.17, 15) is 14.3 Å². The number of carbonyl (C=O) groups is 1. The van der Waals surface area contributed by atoms with E-state index in [1.165, 1.54) is 23.5 Å².